The fourth-order valence-electron chi connectivity index (χ4n) is 3.19. The van der Waals surface area contributed by atoms with Gasteiger partial charge in [-0.3, -0.25) is 9.59 Å². The third-order valence-corrected chi connectivity index (χ3v) is 6.63. The summed E-state index contributed by atoms with van der Waals surface area (Å²) in [6, 6.07) is 11.2. The lowest BCUT2D eigenvalue weighted by Gasteiger charge is -2.30. The van der Waals surface area contributed by atoms with Crippen molar-refractivity contribution >= 4 is 51.2 Å². The molecular weight excluding hydrogens is 414 g/mol. The predicted molar refractivity (Wildman–Crippen MR) is 114 cm³/mol. The molecule has 4 rings (SSSR count). The number of nitrogens with zero attached hydrogens (tertiary/aromatic N) is 2. The second-order valence-electron chi connectivity index (χ2n) is 6.58. The third-order valence-electron chi connectivity index (χ3n) is 4.76. The number of carbonyl (C=O) groups is 2. The number of benzene rings is 1. The summed E-state index contributed by atoms with van der Waals surface area (Å²) >= 11 is 8.77. The standard InChI is InChI=1S/C20H18ClN3O2S2/c21-15-5-3-13(4-6-15)16-12-28-20(22-16)23-18(25)14-7-9-24(10-8-14)19(26)17-2-1-11-27-17/h1-6,11-12,14H,7-10H2,(H,22,23,25). The second-order valence-corrected chi connectivity index (χ2v) is 8.82. The molecule has 8 heteroatoms. The van der Waals surface area contributed by atoms with Crippen molar-refractivity contribution in [3.8, 4) is 11.3 Å². The highest BCUT2D eigenvalue weighted by molar-refractivity contribution is 7.14. The molecule has 144 valence electrons. The summed E-state index contributed by atoms with van der Waals surface area (Å²) in [7, 11) is 0. The van der Waals surface area contributed by atoms with Crippen molar-refractivity contribution in [1.82, 2.24) is 9.88 Å². The summed E-state index contributed by atoms with van der Waals surface area (Å²) < 4.78 is 0. The van der Waals surface area contributed by atoms with E-state index in [-0.39, 0.29) is 17.7 Å². The second kappa shape index (κ2) is 8.43. The first kappa shape index (κ1) is 19.1. The average Bonchev–Trinajstić information content (AvgIpc) is 3.40. The van der Waals surface area contributed by atoms with E-state index in [0.29, 0.717) is 36.1 Å². The average molecular weight is 432 g/mol. The van der Waals surface area contributed by atoms with Crippen LogP contribution in [0.4, 0.5) is 5.13 Å². The molecule has 3 heterocycles. The van der Waals surface area contributed by atoms with Crippen molar-refractivity contribution in [2.75, 3.05) is 18.4 Å². The number of thiazole rings is 1. The number of likely N-dealkylation sites (tertiary alicyclic amines) is 1. The smallest absolute Gasteiger partial charge is 0.263 e. The van der Waals surface area contributed by atoms with E-state index in [2.05, 4.69) is 10.3 Å². The molecule has 1 aromatic carbocycles. The summed E-state index contributed by atoms with van der Waals surface area (Å²) in [5.74, 6) is -0.0723. The maximum absolute atomic E-state index is 12.6. The Bertz CT molecular complexity index is 962. The van der Waals surface area contributed by atoms with Crippen molar-refractivity contribution in [3.05, 3.63) is 57.1 Å². The molecule has 0 atom stereocenters. The summed E-state index contributed by atoms with van der Waals surface area (Å²) in [4.78, 5) is 32.1. The molecule has 1 aliphatic heterocycles. The fourth-order valence-corrected chi connectivity index (χ4v) is 4.73. The van der Waals surface area contributed by atoms with Gasteiger partial charge in [0.25, 0.3) is 5.91 Å². The van der Waals surface area contributed by atoms with Gasteiger partial charge in [-0.05, 0) is 36.4 Å². The predicted octanol–water partition coefficient (Wildman–Crippen LogP) is 5.02. The number of halogens is 1. The molecule has 0 radical (unpaired) electrons. The Labute approximate surface area is 176 Å². The van der Waals surface area contributed by atoms with Gasteiger partial charge in [0.2, 0.25) is 5.91 Å². The number of piperidine rings is 1. The number of nitrogens with one attached hydrogen (secondary N) is 1. The highest BCUT2D eigenvalue weighted by Crippen LogP contribution is 2.27. The van der Waals surface area contributed by atoms with E-state index in [1.807, 2.05) is 52.1 Å². The lowest BCUT2D eigenvalue weighted by atomic mass is 9.96. The first-order valence-electron chi connectivity index (χ1n) is 8.95. The van der Waals surface area contributed by atoms with Crippen molar-refractivity contribution in [3.63, 3.8) is 0 Å². The van der Waals surface area contributed by atoms with Gasteiger partial charge in [0.1, 0.15) is 0 Å². The number of anilines is 1. The quantitative estimate of drug-likeness (QED) is 0.631. The Morgan fingerprint density at radius 1 is 1.11 bits per heavy atom. The molecule has 0 unspecified atom stereocenters. The van der Waals surface area contributed by atoms with Crippen LogP contribution in [0.5, 0.6) is 0 Å². The zero-order valence-corrected chi connectivity index (χ0v) is 17.3. The van der Waals surface area contributed by atoms with E-state index >= 15 is 0 Å². The van der Waals surface area contributed by atoms with Crippen LogP contribution in [0.3, 0.4) is 0 Å². The number of hydrogen-bond acceptors (Lipinski definition) is 5. The van der Waals surface area contributed by atoms with E-state index in [0.717, 1.165) is 16.1 Å². The molecule has 5 nitrogen and oxygen atoms in total. The Balaban J connectivity index is 1.32. The van der Waals surface area contributed by atoms with Crippen LogP contribution in [-0.4, -0.2) is 34.8 Å². The number of amides is 2. The fraction of sp³-hybridized carbons (Fsp3) is 0.250. The van der Waals surface area contributed by atoms with Gasteiger partial charge in [0.05, 0.1) is 10.6 Å². The molecule has 0 bridgehead atoms. The molecule has 2 amide bonds. The van der Waals surface area contributed by atoms with Crippen molar-refractivity contribution < 1.29 is 9.59 Å². The normalized spacial score (nSPS) is 14.8. The maximum atomic E-state index is 12.6. The molecule has 0 aliphatic carbocycles. The minimum atomic E-state index is -0.102. The van der Waals surface area contributed by atoms with Crippen LogP contribution in [0.1, 0.15) is 22.5 Å². The number of carbonyl (C=O) groups excluding carboxylic acids is 2. The minimum absolute atomic E-state index is 0.0276. The minimum Gasteiger partial charge on any atom is -0.338 e. The molecule has 0 saturated carbocycles. The summed E-state index contributed by atoms with van der Waals surface area (Å²) in [6.45, 7) is 1.20. The van der Waals surface area contributed by atoms with Crippen molar-refractivity contribution in [2.45, 2.75) is 12.8 Å². The van der Waals surface area contributed by atoms with Crippen LogP contribution >= 0.6 is 34.3 Å². The zero-order chi connectivity index (χ0) is 19.5. The van der Waals surface area contributed by atoms with E-state index < -0.39 is 0 Å². The lowest BCUT2D eigenvalue weighted by Crippen LogP contribution is -2.41. The molecule has 0 spiro atoms. The van der Waals surface area contributed by atoms with Crippen LogP contribution < -0.4 is 5.32 Å². The zero-order valence-electron chi connectivity index (χ0n) is 14.9. The summed E-state index contributed by atoms with van der Waals surface area (Å²) in [6.07, 6.45) is 1.33. The lowest BCUT2D eigenvalue weighted by molar-refractivity contribution is -0.121. The molecule has 3 aromatic rings. The third kappa shape index (κ3) is 4.27. The topological polar surface area (TPSA) is 62.3 Å². The molecule has 1 saturated heterocycles. The van der Waals surface area contributed by atoms with Crippen molar-refractivity contribution in [2.24, 2.45) is 5.92 Å². The van der Waals surface area contributed by atoms with Gasteiger partial charge in [-0.25, -0.2) is 4.98 Å². The monoisotopic (exact) mass is 431 g/mol. The Morgan fingerprint density at radius 3 is 2.54 bits per heavy atom. The van der Waals surface area contributed by atoms with Crippen LogP contribution in [0, 0.1) is 5.92 Å². The van der Waals surface area contributed by atoms with E-state index in [1.54, 1.807) is 0 Å². The van der Waals surface area contributed by atoms with Gasteiger partial charge in [0.15, 0.2) is 5.13 Å². The van der Waals surface area contributed by atoms with Gasteiger partial charge >= 0.3 is 0 Å². The Hall–Kier alpha value is -2.22. The molecule has 1 N–H and O–H groups in total. The van der Waals surface area contributed by atoms with Gasteiger partial charge in [-0.1, -0.05) is 29.8 Å². The largest absolute Gasteiger partial charge is 0.338 e. The van der Waals surface area contributed by atoms with E-state index in [4.69, 9.17) is 11.6 Å². The first-order valence-corrected chi connectivity index (χ1v) is 11.1. The van der Waals surface area contributed by atoms with Gasteiger partial charge < -0.3 is 10.2 Å². The van der Waals surface area contributed by atoms with Gasteiger partial charge in [0, 0.05) is 35.0 Å². The maximum Gasteiger partial charge on any atom is 0.263 e. The van der Waals surface area contributed by atoms with E-state index in [1.165, 1.54) is 22.7 Å². The summed E-state index contributed by atoms with van der Waals surface area (Å²) in [5.41, 5.74) is 1.77. The van der Waals surface area contributed by atoms with Gasteiger partial charge in [-0.2, -0.15) is 0 Å². The number of thiophene rings is 1. The first-order chi connectivity index (χ1) is 13.6. The number of rotatable bonds is 4. The Morgan fingerprint density at radius 2 is 1.86 bits per heavy atom. The van der Waals surface area contributed by atoms with Crippen molar-refractivity contribution in [1.29, 1.82) is 0 Å². The highest BCUT2D eigenvalue weighted by Gasteiger charge is 2.28. The molecule has 1 fully saturated rings. The molecule has 28 heavy (non-hydrogen) atoms. The number of hydrogen-bond donors (Lipinski definition) is 1. The van der Waals surface area contributed by atoms with Gasteiger partial charge in [-0.15, -0.1) is 22.7 Å². The van der Waals surface area contributed by atoms with Crippen LogP contribution in [-0.2, 0) is 4.79 Å². The van der Waals surface area contributed by atoms with Crippen LogP contribution in [0.25, 0.3) is 11.3 Å². The van der Waals surface area contributed by atoms with Crippen LogP contribution in [0.2, 0.25) is 5.02 Å². The molecular formula is C20H18ClN3O2S2. The molecule has 2 aromatic heterocycles. The molecule has 1 aliphatic rings. The highest BCUT2D eigenvalue weighted by atomic mass is 35.5. The Kier molecular flexibility index (Phi) is 5.75. The van der Waals surface area contributed by atoms with Crippen LogP contribution in [0.15, 0.2) is 47.2 Å². The van der Waals surface area contributed by atoms with E-state index in [9.17, 15) is 9.59 Å². The number of aromatic nitrogens is 1. The summed E-state index contributed by atoms with van der Waals surface area (Å²) in [5, 5.41) is 8.01. The SMILES string of the molecule is O=C(Nc1nc(-c2ccc(Cl)cc2)cs1)C1CCN(C(=O)c2cccs2)CC1.